The zero-order valence-corrected chi connectivity index (χ0v) is 8.68. The van der Waals surface area contributed by atoms with Crippen LogP contribution in [-0.4, -0.2) is 0 Å². The third-order valence-corrected chi connectivity index (χ3v) is 2.15. The molecule has 0 N–H and O–H groups in total. The van der Waals surface area contributed by atoms with Gasteiger partial charge in [-0.25, -0.2) is 8.78 Å². The van der Waals surface area contributed by atoms with Crippen molar-refractivity contribution < 1.29 is 8.78 Å². The second-order valence-electron chi connectivity index (χ2n) is 2.55. The van der Waals surface area contributed by atoms with E-state index in [1.807, 2.05) is 6.07 Å². The lowest BCUT2D eigenvalue weighted by Crippen LogP contribution is -1.86. The summed E-state index contributed by atoms with van der Waals surface area (Å²) in [7, 11) is 0. The molecule has 1 aromatic carbocycles. The van der Waals surface area contributed by atoms with Crippen molar-refractivity contribution in [2.45, 2.75) is 6.42 Å². The van der Waals surface area contributed by atoms with E-state index in [0.29, 0.717) is 0 Å². The monoisotopic (exact) mass is 257 g/mol. The van der Waals surface area contributed by atoms with Crippen LogP contribution in [0.5, 0.6) is 0 Å². The predicted molar refractivity (Wildman–Crippen MR) is 53.3 cm³/mol. The Kier molecular flexibility index (Phi) is 3.78. The molecule has 1 rings (SSSR count). The van der Waals surface area contributed by atoms with Gasteiger partial charge in [-0.15, -0.1) is 0 Å². The topological polar surface area (TPSA) is 23.8 Å². The molecule has 0 saturated heterocycles. The maximum Gasteiger partial charge on any atom is 0.138 e. The molecule has 0 aliphatic rings. The Hall–Kier alpha value is -1.21. The van der Waals surface area contributed by atoms with Crippen molar-refractivity contribution in [1.82, 2.24) is 0 Å². The standard InChI is InChI=1S/C10H6BrF2N/c11-8-6-9(12)7(5-10(8)13)3-1-2-4-14/h1,3,5-6H,2H2. The fraction of sp³-hybridized carbons (Fsp3) is 0.100. The van der Waals surface area contributed by atoms with Crippen LogP contribution in [0.3, 0.4) is 0 Å². The minimum absolute atomic E-state index is 0.0902. The quantitative estimate of drug-likeness (QED) is 0.742. The fourth-order valence-corrected chi connectivity index (χ4v) is 1.22. The molecule has 0 atom stereocenters. The van der Waals surface area contributed by atoms with E-state index in [2.05, 4.69) is 15.9 Å². The van der Waals surface area contributed by atoms with Gasteiger partial charge >= 0.3 is 0 Å². The van der Waals surface area contributed by atoms with Crippen LogP contribution in [0, 0.1) is 23.0 Å². The molecule has 14 heavy (non-hydrogen) atoms. The van der Waals surface area contributed by atoms with Crippen LogP contribution in [-0.2, 0) is 0 Å². The summed E-state index contributed by atoms with van der Waals surface area (Å²) < 4.78 is 26.2. The summed E-state index contributed by atoms with van der Waals surface area (Å²) in [5.74, 6) is -1.05. The first-order valence-electron chi connectivity index (χ1n) is 3.83. The van der Waals surface area contributed by atoms with E-state index in [9.17, 15) is 8.78 Å². The molecule has 0 spiro atoms. The molecule has 0 saturated carbocycles. The Labute approximate surface area is 88.8 Å². The number of hydrogen-bond donors (Lipinski definition) is 0. The molecule has 0 aromatic heterocycles. The van der Waals surface area contributed by atoms with E-state index in [0.717, 1.165) is 12.1 Å². The first kappa shape index (κ1) is 10.9. The molecule has 0 aliphatic carbocycles. The summed E-state index contributed by atoms with van der Waals surface area (Å²) in [4.78, 5) is 0. The largest absolute Gasteiger partial charge is 0.206 e. The number of nitrogens with zero attached hydrogens (tertiary/aromatic N) is 1. The van der Waals surface area contributed by atoms with E-state index in [1.165, 1.54) is 12.2 Å². The number of hydrogen-bond acceptors (Lipinski definition) is 1. The first-order chi connectivity index (χ1) is 6.65. The molecular weight excluding hydrogens is 252 g/mol. The van der Waals surface area contributed by atoms with Gasteiger partial charge in [0.1, 0.15) is 11.6 Å². The zero-order chi connectivity index (χ0) is 10.6. The maximum absolute atomic E-state index is 13.1. The van der Waals surface area contributed by atoms with Crippen LogP contribution in [0.1, 0.15) is 12.0 Å². The Morgan fingerprint density at radius 3 is 2.71 bits per heavy atom. The first-order valence-corrected chi connectivity index (χ1v) is 4.62. The van der Waals surface area contributed by atoms with E-state index < -0.39 is 11.6 Å². The lowest BCUT2D eigenvalue weighted by molar-refractivity contribution is 0.592. The van der Waals surface area contributed by atoms with Gasteiger partial charge in [-0.05, 0) is 28.1 Å². The summed E-state index contributed by atoms with van der Waals surface area (Å²) in [6.07, 6.45) is 3.04. The van der Waals surface area contributed by atoms with Crippen molar-refractivity contribution >= 4 is 22.0 Å². The van der Waals surface area contributed by atoms with Gasteiger partial charge in [-0.2, -0.15) is 5.26 Å². The Morgan fingerprint density at radius 1 is 1.36 bits per heavy atom. The van der Waals surface area contributed by atoms with Gasteiger partial charge in [0.2, 0.25) is 0 Å². The minimum atomic E-state index is -0.525. The van der Waals surface area contributed by atoms with Crippen LogP contribution in [0.25, 0.3) is 6.08 Å². The lowest BCUT2D eigenvalue weighted by atomic mass is 10.2. The summed E-state index contributed by atoms with van der Waals surface area (Å²) >= 11 is 2.87. The number of nitriles is 1. The number of benzene rings is 1. The average Bonchev–Trinajstić information content (AvgIpc) is 2.14. The zero-order valence-electron chi connectivity index (χ0n) is 7.10. The summed E-state index contributed by atoms with van der Waals surface area (Å²) in [5, 5.41) is 8.24. The molecule has 0 radical (unpaired) electrons. The second kappa shape index (κ2) is 4.87. The third-order valence-electron chi connectivity index (χ3n) is 1.55. The highest BCUT2D eigenvalue weighted by Gasteiger charge is 2.05. The molecule has 72 valence electrons. The van der Waals surface area contributed by atoms with E-state index in [4.69, 9.17) is 5.26 Å². The van der Waals surface area contributed by atoms with E-state index >= 15 is 0 Å². The van der Waals surface area contributed by atoms with Crippen LogP contribution < -0.4 is 0 Å². The Balaban J connectivity index is 2.99. The van der Waals surface area contributed by atoms with Crippen molar-refractivity contribution in [3.63, 3.8) is 0 Å². The highest BCUT2D eigenvalue weighted by Crippen LogP contribution is 2.20. The van der Waals surface area contributed by atoms with Gasteiger partial charge in [0.25, 0.3) is 0 Å². The van der Waals surface area contributed by atoms with Gasteiger partial charge in [0.15, 0.2) is 0 Å². The fourth-order valence-electron chi connectivity index (χ4n) is 0.904. The van der Waals surface area contributed by atoms with E-state index in [1.54, 1.807) is 0 Å². The van der Waals surface area contributed by atoms with Crippen molar-refractivity contribution in [1.29, 1.82) is 5.26 Å². The smallest absolute Gasteiger partial charge is 0.138 e. The average molecular weight is 258 g/mol. The highest BCUT2D eigenvalue weighted by molar-refractivity contribution is 9.10. The second-order valence-corrected chi connectivity index (χ2v) is 3.41. The molecule has 1 nitrogen and oxygen atoms in total. The lowest BCUT2D eigenvalue weighted by Gasteiger charge is -1.99. The molecule has 0 heterocycles. The summed E-state index contributed by atoms with van der Waals surface area (Å²) in [6, 6.07) is 4.00. The van der Waals surface area contributed by atoms with Crippen LogP contribution >= 0.6 is 15.9 Å². The van der Waals surface area contributed by atoms with Crippen molar-refractivity contribution in [3.05, 3.63) is 39.9 Å². The summed E-state index contributed by atoms with van der Waals surface area (Å²) in [6.45, 7) is 0. The molecule has 0 bridgehead atoms. The van der Waals surface area contributed by atoms with Crippen LogP contribution in [0.2, 0.25) is 0 Å². The highest BCUT2D eigenvalue weighted by atomic mass is 79.9. The van der Waals surface area contributed by atoms with Gasteiger partial charge in [-0.1, -0.05) is 12.2 Å². The number of rotatable bonds is 2. The number of allylic oxidation sites excluding steroid dienone is 1. The van der Waals surface area contributed by atoms with Gasteiger partial charge in [-0.3, -0.25) is 0 Å². The molecule has 0 fully saturated rings. The maximum atomic E-state index is 13.1. The third kappa shape index (κ3) is 2.64. The van der Waals surface area contributed by atoms with Crippen LogP contribution in [0.15, 0.2) is 22.7 Å². The van der Waals surface area contributed by atoms with Crippen molar-refractivity contribution in [3.8, 4) is 6.07 Å². The van der Waals surface area contributed by atoms with Crippen molar-refractivity contribution in [2.24, 2.45) is 0 Å². The summed E-state index contributed by atoms with van der Waals surface area (Å²) in [5.41, 5.74) is 0.140. The van der Waals surface area contributed by atoms with Crippen LogP contribution in [0.4, 0.5) is 8.78 Å². The minimum Gasteiger partial charge on any atom is -0.206 e. The Morgan fingerprint density at radius 2 is 2.07 bits per heavy atom. The van der Waals surface area contributed by atoms with Crippen molar-refractivity contribution in [2.75, 3.05) is 0 Å². The molecular formula is C10H6BrF2N. The normalized spacial score (nSPS) is 10.4. The van der Waals surface area contributed by atoms with Gasteiger partial charge < -0.3 is 0 Å². The van der Waals surface area contributed by atoms with E-state index in [-0.39, 0.29) is 16.5 Å². The SMILES string of the molecule is N#CCC=Cc1cc(F)c(Br)cc1F. The molecule has 1 aromatic rings. The molecule has 4 heteroatoms. The predicted octanol–water partition coefficient (Wildman–Crippen LogP) is 3.65. The Bertz CT molecular complexity index is 407. The molecule has 0 amide bonds. The molecule has 0 unspecified atom stereocenters. The molecule has 0 aliphatic heterocycles. The van der Waals surface area contributed by atoms with Gasteiger partial charge in [0, 0.05) is 5.56 Å². The van der Waals surface area contributed by atoms with Gasteiger partial charge in [0.05, 0.1) is 17.0 Å². The number of halogens is 3.